The van der Waals surface area contributed by atoms with Gasteiger partial charge in [0.15, 0.2) is 6.19 Å². The SMILES string of the molecule is CCc1ccnc(Nc2ccc(C(=O)N[C@@H]3CCN(C#N)C3)c(F)c2)n1. The van der Waals surface area contributed by atoms with Crippen LogP contribution in [0.4, 0.5) is 16.0 Å². The summed E-state index contributed by atoms with van der Waals surface area (Å²) in [6.45, 7) is 3.04. The lowest BCUT2D eigenvalue weighted by atomic mass is 10.1. The molecule has 0 saturated carbocycles. The molecule has 3 rings (SSSR count). The van der Waals surface area contributed by atoms with Crippen LogP contribution in [0.2, 0.25) is 0 Å². The predicted octanol–water partition coefficient (Wildman–Crippen LogP) is 2.21. The quantitative estimate of drug-likeness (QED) is 0.800. The first-order valence-electron chi connectivity index (χ1n) is 8.43. The van der Waals surface area contributed by atoms with Crippen LogP contribution in [-0.2, 0) is 6.42 Å². The molecule has 8 heteroatoms. The highest BCUT2D eigenvalue weighted by Crippen LogP contribution is 2.18. The fourth-order valence-corrected chi connectivity index (χ4v) is 2.79. The molecule has 1 aliphatic heterocycles. The Morgan fingerprint density at radius 3 is 3.00 bits per heavy atom. The average molecular weight is 354 g/mol. The first kappa shape index (κ1) is 17.6. The molecule has 2 aromatic rings. The Morgan fingerprint density at radius 2 is 2.31 bits per heavy atom. The second-order valence-corrected chi connectivity index (χ2v) is 6.05. The van der Waals surface area contributed by atoms with E-state index >= 15 is 0 Å². The van der Waals surface area contributed by atoms with Gasteiger partial charge in [0.2, 0.25) is 5.95 Å². The number of amides is 1. The van der Waals surface area contributed by atoms with E-state index < -0.39 is 11.7 Å². The topological polar surface area (TPSA) is 93.9 Å². The van der Waals surface area contributed by atoms with Crippen molar-refractivity contribution in [3.63, 3.8) is 0 Å². The molecular weight excluding hydrogens is 335 g/mol. The maximum absolute atomic E-state index is 14.4. The Labute approximate surface area is 150 Å². The lowest BCUT2D eigenvalue weighted by Crippen LogP contribution is -2.36. The summed E-state index contributed by atoms with van der Waals surface area (Å²) in [5.74, 6) is -0.735. The van der Waals surface area contributed by atoms with Crippen LogP contribution in [-0.4, -0.2) is 39.9 Å². The third-order valence-electron chi connectivity index (χ3n) is 4.21. The smallest absolute Gasteiger partial charge is 0.254 e. The molecule has 0 unspecified atom stereocenters. The number of nitrogens with one attached hydrogen (secondary N) is 2. The minimum atomic E-state index is -0.630. The monoisotopic (exact) mass is 354 g/mol. The van der Waals surface area contributed by atoms with E-state index in [4.69, 9.17) is 5.26 Å². The largest absolute Gasteiger partial charge is 0.347 e. The van der Waals surface area contributed by atoms with Crippen molar-refractivity contribution in [2.75, 3.05) is 18.4 Å². The number of benzene rings is 1. The van der Waals surface area contributed by atoms with Gasteiger partial charge in [-0.25, -0.2) is 14.4 Å². The summed E-state index contributed by atoms with van der Waals surface area (Å²) in [7, 11) is 0. The predicted molar refractivity (Wildman–Crippen MR) is 94.1 cm³/mol. The van der Waals surface area contributed by atoms with E-state index in [0.29, 0.717) is 31.1 Å². The number of carbonyl (C=O) groups is 1. The van der Waals surface area contributed by atoms with E-state index in [0.717, 1.165) is 12.1 Å². The molecule has 134 valence electrons. The Bertz CT molecular complexity index is 850. The summed E-state index contributed by atoms with van der Waals surface area (Å²) >= 11 is 0. The number of nitrogens with zero attached hydrogens (tertiary/aromatic N) is 4. The normalized spacial score (nSPS) is 16.2. The van der Waals surface area contributed by atoms with Gasteiger partial charge in [-0.1, -0.05) is 6.92 Å². The number of anilines is 2. The summed E-state index contributed by atoms with van der Waals surface area (Å²) in [6, 6.07) is 5.94. The molecule has 1 aliphatic rings. The number of hydrogen-bond donors (Lipinski definition) is 2. The highest BCUT2D eigenvalue weighted by Gasteiger charge is 2.24. The number of carbonyl (C=O) groups excluding carboxylic acids is 1. The van der Waals surface area contributed by atoms with E-state index in [9.17, 15) is 9.18 Å². The van der Waals surface area contributed by atoms with Gasteiger partial charge in [0.25, 0.3) is 5.91 Å². The molecule has 1 aromatic carbocycles. The van der Waals surface area contributed by atoms with E-state index in [1.54, 1.807) is 17.2 Å². The number of aromatic nitrogens is 2. The number of aryl methyl sites for hydroxylation is 1. The van der Waals surface area contributed by atoms with Crippen LogP contribution in [0.5, 0.6) is 0 Å². The molecule has 7 nitrogen and oxygen atoms in total. The number of hydrogen-bond acceptors (Lipinski definition) is 6. The van der Waals surface area contributed by atoms with Gasteiger partial charge in [-0.3, -0.25) is 4.79 Å². The van der Waals surface area contributed by atoms with E-state index in [1.807, 2.05) is 19.2 Å². The van der Waals surface area contributed by atoms with Crippen LogP contribution in [0.25, 0.3) is 0 Å². The van der Waals surface area contributed by atoms with Gasteiger partial charge in [-0.05, 0) is 37.1 Å². The first-order valence-corrected chi connectivity index (χ1v) is 8.43. The van der Waals surface area contributed by atoms with Crippen LogP contribution < -0.4 is 10.6 Å². The lowest BCUT2D eigenvalue weighted by molar-refractivity contribution is 0.0935. The van der Waals surface area contributed by atoms with Crippen LogP contribution in [0, 0.1) is 17.3 Å². The molecule has 1 aromatic heterocycles. The third-order valence-corrected chi connectivity index (χ3v) is 4.21. The van der Waals surface area contributed by atoms with Crippen LogP contribution in [0.15, 0.2) is 30.5 Å². The second kappa shape index (κ2) is 7.78. The Balaban J connectivity index is 1.67. The number of rotatable bonds is 5. The van der Waals surface area contributed by atoms with Crippen LogP contribution in [0.3, 0.4) is 0 Å². The first-order chi connectivity index (χ1) is 12.6. The lowest BCUT2D eigenvalue weighted by Gasteiger charge is -2.13. The zero-order chi connectivity index (χ0) is 18.5. The zero-order valence-electron chi connectivity index (χ0n) is 14.4. The molecule has 1 amide bonds. The Hall–Kier alpha value is -3.21. The van der Waals surface area contributed by atoms with Gasteiger partial charge in [0.1, 0.15) is 5.82 Å². The maximum Gasteiger partial charge on any atom is 0.254 e. The fraction of sp³-hybridized carbons (Fsp3) is 0.333. The number of halogens is 1. The van der Waals surface area contributed by atoms with Crippen LogP contribution in [0.1, 0.15) is 29.4 Å². The molecule has 0 radical (unpaired) electrons. The molecule has 0 bridgehead atoms. The van der Waals surface area contributed by atoms with E-state index in [-0.39, 0.29) is 11.6 Å². The molecule has 1 saturated heterocycles. The van der Waals surface area contributed by atoms with Crippen molar-refractivity contribution >= 4 is 17.5 Å². The maximum atomic E-state index is 14.4. The highest BCUT2D eigenvalue weighted by atomic mass is 19.1. The molecule has 2 heterocycles. The van der Waals surface area contributed by atoms with Crippen molar-refractivity contribution in [1.29, 1.82) is 5.26 Å². The average Bonchev–Trinajstić information content (AvgIpc) is 3.09. The summed E-state index contributed by atoms with van der Waals surface area (Å²) in [6.07, 6.45) is 5.13. The third kappa shape index (κ3) is 4.06. The number of nitriles is 1. The van der Waals surface area contributed by atoms with Gasteiger partial charge in [0.05, 0.1) is 5.56 Å². The highest BCUT2D eigenvalue weighted by molar-refractivity contribution is 5.95. The molecule has 0 spiro atoms. The van der Waals surface area contributed by atoms with Crippen molar-refractivity contribution in [3.8, 4) is 6.19 Å². The minimum Gasteiger partial charge on any atom is -0.347 e. The van der Waals surface area contributed by atoms with Crippen molar-refractivity contribution in [3.05, 3.63) is 47.5 Å². The van der Waals surface area contributed by atoms with Gasteiger partial charge in [0, 0.05) is 36.7 Å². The van der Waals surface area contributed by atoms with Gasteiger partial charge >= 0.3 is 0 Å². The molecule has 0 aliphatic carbocycles. The molecule has 26 heavy (non-hydrogen) atoms. The van der Waals surface area contributed by atoms with E-state index in [1.165, 1.54) is 12.1 Å². The summed E-state index contributed by atoms with van der Waals surface area (Å²) < 4.78 is 14.4. The van der Waals surface area contributed by atoms with Gasteiger partial charge < -0.3 is 15.5 Å². The zero-order valence-corrected chi connectivity index (χ0v) is 14.4. The minimum absolute atomic E-state index is 0.0332. The van der Waals surface area contributed by atoms with Crippen molar-refractivity contribution in [2.45, 2.75) is 25.8 Å². The number of likely N-dealkylation sites (tertiary alicyclic amines) is 1. The van der Waals surface area contributed by atoms with Crippen LogP contribution >= 0.6 is 0 Å². The molecule has 2 N–H and O–H groups in total. The van der Waals surface area contributed by atoms with Gasteiger partial charge in [-0.15, -0.1) is 0 Å². The second-order valence-electron chi connectivity index (χ2n) is 6.05. The van der Waals surface area contributed by atoms with Crippen molar-refractivity contribution in [1.82, 2.24) is 20.2 Å². The van der Waals surface area contributed by atoms with E-state index in [2.05, 4.69) is 20.6 Å². The van der Waals surface area contributed by atoms with Gasteiger partial charge in [-0.2, -0.15) is 5.26 Å². The fourth-order valence-electron chi connectivity index (χ4n) is 2.79. The Morgan fingerprint density at radius 1 is 1.46 bits per heavy atom. The molecule has 1 atom stereocenters. The van der Waals surface area contributed by atoms with Crippen molar-refractivity contribution in [2.24, 2.45) is 0 Å². The summed E-state index contributed by atoms with van der Waals surface area (Å²) in [5.41, 5.74) is 1.31. The summed E-state index contributed by atoms with van der Waals surface area (Å²) in [4.78, 5) is 22.2. The van der Waals surface area contributed by atoms with Crippen molar-refractivity contribution < 1.29 is 9.18 Å². The standard InChI is InChI=1S/C18H19FN6O/c1-2-12-5-7-21-18(23-12)24-13-3-4-15(16(19)9-13)17(26)22-14-6-8-25(10-14)11-20/h3-5,7,9,14H,2,6,8,10H2,1H3,(H,22,26)(H,21,23,24)/t14-/m1/s1. The Kier molecular flexibility index (Phi) is 5.27. The molecule has 1 fully saturated rings. The summed E-state index contributed by atoms with van der Waals surface area (Å²) in [5, 5.41) is 14.6. The molecular formula is C18H19FN6O.